The molecule has 1 saturated carbocycles. The second kappa shape index (κ2) is 10.5. The van der Waals surface area contributed by atoms with Gasteiger partial charge in [-0.1, -0.05) is 29.7 Å². The molecule has 7 nitrogen and oxygen atoms in total. The fourth-order valence-corrected chi connectivity index (χ4v) is 4.75. The number of amides is 2. The van der Waals surface area contributed by atoms with Crippen molar-refractivity contribution in [2.24, 2.45) is 13.0 Å². The van der Waals surface area contributed by atoms with Crippen molar-refractivity contribution in [3.8, 4) is 6.07 Å². The van der Waals surface area contributed by atoms with E-state index in [-0.39, 0.29) is 17.2 Å². The number of likely N-dealkylation sites (tertiary alicyclic amines) is 1. The summed E-state index contributed by atoms with van der Waals surface area (Å²) >= 11 is 6.37. The number of carbonyl (C=O) groups excluding carboxylic acids is 2. The van der Waals surface area contributed by atoms with Crippen LogP contribution < -0.4 is 10.9 Å². The first-order valence-electron chi connectivity index (χ1n) is 11.9. The SMILES string of the molecule is Cc1c(C=C2CCN(C(=O)CC3CCC3)CC2)cc(Cl)cc1NC(=O)c1cc(C#N)n(C)c(=O)c1. The van der Waals surface area contributed by atoms with Gasteiger partial charge in [0.15, 0.2) is 0 Å². The number of anilines is 1. The Kier molecular flexibility index (Phi) is 7.42. The molecule has 1 aliphatic heterocycles. The van der Waals surface area contributed by atoms with Crippen molar-refractivity contribution >= 4 is 35.2 Å². The molecule has 1 aromatic heterocycles. The zero-order chi connectivity index (χ0) is 25.1. The molecule has 2 amide bonds. The Labute approximate surface area is 210 Å². The monoisotopic (exact) mass is 492 g/mol. The Morgan fingerprint density at radius 3 is 2.54 bits per heavy atom. The van der Waals surface area contributed by atoms with Gasteiger partial charge in [0.05, 0.1) is 0 Å². The van der Waals surface area contributed by atoms with Crippen molar-refractivity contribution in [1.29, 1.82) is 5.26 Å². The predicted molar refractivity (Wildman–Crippen MR) is 136 cm³/mol. The smallest absolute Gasteiger partial charge is 0.255 e. The number of hydrogen-bond acceptors (Lipinski definition) is 4. The molecule has 4 rings (SSSR count). The zero-order valence-electron chi connectivity index (χ0n) is 20.1. The summed E-state index contributed by atoms with van der Waals surface area (Å²) in [6.45, 7) is 3.36. The van der Waals surface area contributed by atoms with Gasteiger partial charge in [0, 0.05) is 48.9 Å². The topological polar surface area (TPSA) is 95.2 Å². The Balaban J connectivity index is 1.47. The van der Waals surface area contributed by atoms with Gasteiger partial charge < -0.3 is 14.8 Å². The Morgan fingerprint density at radius 1 is 1.20 bits per heavy atom. The molecule has 182 valence electrons. The number of piperidine rings is 1. The lowest BCUT2D eigenvalue weighted by Gasteiger charge is -2.32. The molecule has 0 unspecified atom stereocenters. The Hall–Kier alpha value is -3.37. The van der Waals surface area contributed by atoms with Crippen LogP contribution in [0.2, 0.25) is 5.02 Å². The van der Waals surface area contributed by atoms with E-state index in [2.05, 4.69) is 11.4 Å². The predicted octanol–water partition coefficient (Wildman–Crippen LogP) is 4.67. The molecular weight excluding hydrogens is 464 g/mol. The van der Waals surface area contributed by atoms with E-state index in [0.29, 0.717) is 23.0 Å². The first kappa shape index (κ1) is 24.7. The van der Waals surface area contributed by atoms with Gasteiger partial charge in [0.1, 0.15) is 11.8 Å². The van der Waals surface area contributed by atoms with Gasteiger partial charge in [-0.05, 0) is 67.9 Å². The highest BCUT2D eigenvalue weighted by Gasteiger charge is 2.25. The molecule has 2 fully saturated rings. The van der Waals surface area contributed by atoms with Crippen LogP contribution in [-0.4, -0.2) is 34.4 Å². The number of hydrogen-bond donors (Lipinski definition) is 1. The number of halogens is 1. The molecule has 0 bridgehead atoms. The number of aromatic nitrogens is 1. The minimum atomic E-state index is -0.485. The van der Waals surface area contributed by atoms with E-state index in [4.69, 9.17) is 11.6 Å². The normalized spacial score (nSPS) is 15.8. The standard InChI is InChI=1S/C27H29ClN4O3/c1-17-20(10-19-6-8-32(9-7-19)26(34)11-18-4-3-5-18)12-22(28)15-24(17)30-27(35)21-13-23(16-29)31(2)25(33)14-21/h10,12-15,18H,3-9,11H2,1-2H3,(H,30,35). The molecule has 2 heterocycles. The maximum atomic E-state index is 12.8. The van der Waals surface area contributed by atoms with Crippen molar-refractivity contribution in [2.45, 2.75) is 45.4 Å². The second-order valence-corrected chi connectivity index (χ2v) is 9.88. The van der Waals surface area contributed by atoms with Crippen LogP contribution in [-0.2, 0) is 11.8 Å². The van der Waals surface area contributed by atoms with Gasteiger partial charge in [0.25, 0.3) is 11.5 Å². The molecule has 2 aliphatic rings. The summed E-state index contributed by atoms with van der Waals surface area (Å²) in [7, 11) is 1.48. The van der Waals surface area contributed by atoms with Crippen LogP contribution in [0.25, 0.3) is 6.08 Å². The molecular formula is C27H29ClN4O3. The van der Waals surface area contributed by atoms with Crippen molar-refractivity contribution in [1.82, 2.24) is 9.47 Å². The highest BCUT2D eigenvalue weighted by Crippen LogP contribution is 2.32. The van der Waals surface area contributed by atoms with Crippen molar-refractivity contribution in [3.05, 3.63) is 67.6 Å². The summed E-state index contributed by atoms with van der Waals surface area (Å²) in [5, 5.41) is 12.5. The highest BCUT2D eigenvalue weighted by molar-refractivity contribution is 6.31. The fourth-order valence-electron chi connectivity index (χ4n) is 4.53. The highest BCUT2D eigenvalue weighted by atomic mass is 35.5. The maximum absolute atomic E-state index is 12.8. The van der Waals surface area contributed by atoms with Crippen LogP contribution in [0, 0.1) is 24.2 Å². The summed E-state index contributed by atoms with van der Waals surface area (Å²) in [5.74, 6) is 0.363. The van der Waals surface area contributed by atoms with Gasteiger partial charge in [0.2, 0.25) is 5.91 Å². The van der Waals surface area contributed by atoms with E-state index in [1.807, 2.05) is 24.0 Å². The molecule has 1 saturated heterocycles. The van der Waals surface area contributed by atoms with Crippen LogP contribution in [0.4, 0.5) is 5.69 Å². The van der Waals surface area contributed by atoms with Crippen LogP contribution in [0.3, 0.4) is 0 Å². The van der Waals surface area contributed by atoms with Gasteiger partial charge >= 0.3 is 0 Å². The third-order valence-electron chi connectivity index (χ3n) is 7.11. The number of carbonyl (C=O) groups is 2. The average Bonchev–Trinajstić information content (AvgIpc) is 2.81. The minimum absolute atomic E-state index is 0.105. The van der Waals surface area contributed by atoms with E-state index in [1.165, 1.54) is 48.6 Å². The van der Waals surface area contributed by atoms with Crippen molar-refractivity contribution < 1.29 is 9.59 Å². The average molecular weight is 493 g/mol. The van der Waals surface area contributed by atoms with E-state index in [0.717, 1.165) is 37.1 Å². The van der Waals surface area contributed by atoms with Crippen LogP contribution in [0.15, 0.2) is 34.6 Å². The molecule has 1 N–H and O–H groups in total. The molecule has 0 radical (unpaired) electrons. The summed E-state index contributed by atoms with van der Waals surface area (Å²) < 4.78 is 1.19. The number of nitrogens with zero attached hydrogens (tertiary/aromatic N) is 3. The number of rotatable bonds is 5. The van der Waals surface area contributed by atoms with Crippen LogP contribution in [0.1, 0.15) is 65.7 Å². The first-order chi connectivity index (χ1) is 16.7. The maximum Gasteiger partial charge on any atom is 0.255 e. The van der Waals surface area contributed by atoms with E-state index < -0.39 is 11.5 Å². The largest absolute Gasteiger partial charge is 0.342 e. The first-order valence-corrected chi connectivity index (χ1v) is 12.3. The fraction of sp³-hybridized carbons (Fsp3) is 0.407. The lowest BCUT2D eigenvalue weighted by atomic mass is 9.82. The summed E-state index contributed by atoms with van der Waals surface area (Å²) in [5.41, 5.74) is 3.32. The molecule has 2 aromatic rings. The van der Waals surface area contributed by atoms with Gasteiger partial charge in [-0.15, -0.1) is 0 Å². The summed E-state index contributed by atoms with van der Waals surface area (Å²) in [6, 6.07) is 8.05. The lowest BCUT2D eigenvalue weighted by molar-refractivity contribution is -0.133. The molecule has 35 heavy (non-hydrogen) atoms. The lowest BCUT2D eigenvalue weighted by Crippen LogP contribution is -2.37. The van der Waals surface area contributed by atoms with Crippen LogP contribution in [0.5, 0.6) is 0 Å². The third kappa shape index (κ3) is 5.66. The zero-order valence-corrected chi connectivity index (χ0v) is 20.8. The minimum Gasteiger partial charge on any atom is -0.342 e. The number of nitrogens with one attached hydrogen (secondary N) is 1. The molecule has 1 aliphatic carbocycles. The molecule has 8 heteroatoms. The molecule has 1 aromatic carbocycles. The summed E-state index contributed by atoms with van der Waals surface area (Å²) in [6.07, 6.45) is 8.01. The quantitative estimate of drug-likeness (QED) is 0.656. The van der Waals surface area contributed by atoms with Crippen LogP contribution >= 0.6 is 11.6 Å². The number of nitriles is 1. The Morgan fingerprint density at radius 2 is 1.91 bits per heavy atom. The van der Waals surface area contributed by atoms with Gasteiger partial charge in [-0.3, -0.25) is 14.4 Å². The van der Waals surface area contributed by atoms with Crippen molar-refractivity contribution in [2.75, 3.05) is 18.4 Å². The third-order valence-corrected chi connectivity index (χ3v) is 7.32. The van der Waals surface area contributed by atoms with Gasteiger partial charge in [-0.25, -0.2) is 0 Å². The summed E-state index contributed by atoms with van der Waals surface area (Å²) in [4.78, 5) is 39.4. The second-order valence-electron chi connectivity index (χ2n) is 9.44. The number of pyridine rings is 1. The Bertz CT molecular complexity index is 1290. The van der Waals surface area contributed by atoms with E-state index >= 15 is 0 Å². The molecule has 0 spiro atoms. The van der Waals surface area contributed by atoms with E-state index in [9.17, 15) is 19.6 Å². The van der Waals surface area contributed by atoms with Gasteiger partial charge in [-0.2, -0.15) is 5.26 Å². The number of benzene rings is 1. The van der Waals surface area contributed by atoms with Crippen molar-refractivity contribution in [3.63, 3.8) is 0 Å². The van der Waals surface area contributed by atoms with E-state index in [1.54, 1.807) is 6.07 Å². The molecule has 0 atom stereocenters.